The Morgan fingerprint density at radius 2 is 1.67 bits per heavy atom. The lowest BCUT2D eigenvalue weighted by Crippen LogP contribution is -2.35. The summed E-state index contributed by atoms with van der Waals surface area (Å²) < 4.78 is 18.8. The minimum atomic E-state index is -1.81. The van der Waals surface area contributed by atoms with Gasteiger partial charge in [0.1, 0.15) is 7.11 Å². The predicted octanol–water partition coefficient (Wildman–Crippen LogP) is 8.70. The van der Waals surface area contributed by atoms with E-state index < -0.39 is 25.0 Å². The van der Waals surface area contributed by atoms with Crippen LogP contribution in [0.2, 0.25) is 58.9 Å². The molecule has 6 nitrogen and oxygen atoms in total. The summed E-state index contributed by atoms with van der Waals surface area (Å²) in [7, 11) is -3.62. The van der Waals surface area contributed by atoms with Crippen molar-refractivity contribution in [3.05, 3.63) is 24.3 Å². The number of carbonyl (C=O) groups excluding carboxylic acids is 1. The van der Waals surface area contributed by atoms with Gasteiger partial charge in [-0.05, 0) is 84.6 Å². The van der Waals surface area contributed by atoms with Gasteiger partial charge in [0.15, 0.2) is 16.6 Å². The molecule has 1 saturated carbocycles. The van der Waals surface area contributed by atoms with Crippen molar-refractivity contribution in [1.29, 1.82) is 0 Å². The standard InChI is InChI=1S/C30H59NO5Si3/c1-12-13-16-19-25(34-37(3,4)5)22-23-27-26(28(31-33-2)24-29(27)35-38(6,7)8)20-17-14-15-18-21-30(32)36-39(9,10)11/h14,17,22-23,25-27,29H,12-13,15-16,18-21,24H2,1-11H3/b17-14-,23-22+,31-28-/t25-,26-,27+,29+/m0/s1. The molecule has 0 saturated heterocycles. The number of carbonyl (C=O) groups is 1. The molecule has 0 radical (unpaired) electrons. The van der Waals surface area contributed by atoms with Crippen LogP contribution >= 0.6 is 0 Å². The first-order valence-electron chi connectivity index (χ1n) is 15.1. The summed E-state index contributed by atoms with van der Waals surface area (Å²) in [5.74, 6) is 0.373. The zero-order chi connectivity index (χ0) is 29.7. The molecule has 0 aliphatic heterocycles. The summed E-state index contributed by atoms with van der Waals surface area (Å²) >= 11 is 0. The van der Waals surface area contributed by atoms with Crippen LogP contribution in [0, 0.1) is 11.8 Å². The van der Waals surface area contributed by atoms with E-state index in [0.717, 1.165) is 37.8 Å². The van der Waals surface area contributed by atoms with Gasteiger partial charge < -0.3 is 18.1 Å². The molecule has 226 valence electrons. The van der Waals surface area contributed by atoms with Gasteiger partial charge in [0.2, 0.25) is 8.32 Å². The number of hydrogen-bond donors (Lipinski definition) is 0. The van der Waals surface area contributed by atoms with Crippen LogP contribution in [0.5, 0.6) is 0 Å². The summed E-state index contributed by atoms with van der Waals surface area (Å²) in [6.45, 7) is 21.9. The molecule has 0 N–H and O–H groups in total. The zero-order valence-corrected chi connectivity index (χ0v) is 30.0. The fraction of sp³-hybridized carbons (Fsp3) is 0.800. The lowest BCUT2D eigenvalue weighted by Gasteiger charge is -2.29. The van der Waals surface area contributed by atoms with Crippen molar-refractivity contribution in [3.63, 3.8) is 0 Å². The SMILES string of the molecule is CCCCC[C@@H](/C=C/[C@@H]1[C@H](C/C=C\CCCC(=O)O[Si](C)(C)C)/C(=N\OC)C[C@H]1O[Si](C)(C)C)O[Si](C)(C)C. The van der Waals surface area contributed by atoms with Crippen LogP contribution < -0.4 is 0 Å². The van der Waals surface area contributed by atoms with Crippen LogP contribution in [0.25, 0.3) is 0 Å². The maximum atomic E-state index is 12.0. The number of oxime groups is 1. The zero-order valence-electron chi connectivity index (χ0n) is 27.0. The molecule has 1 fully saturated rings. The van der Waals surface area contributed by atoms with Crippen molar-refractivity contribution in [2.75, 3.05) is 7.11 Å². The van der Waals surface area contributed by atoms with Crippen LogP contribution in [-0.2, 0) is 22.9 Å². The Bertz CT molecular complexity index is 809. The van der Waals surface area contributed by atoms with Gasteiger partial charge in [0.25, 0.3) is 5.97 Å². The minimum absolute atomic E-state index is 0.0709. The van der Waals surface area contributed by atoms with Gasteiger partial charge in [-0.3, -0.25) is 4.79 Å². The monoisotopic (exact) mass is 597 g/mol. The third-order valence-electron chi connectivity index (χ3n) is 6.32. The summed E-state index contributed by atoms with van der Waals surface area (Å²) in [6, 6.07) is 0. The summed E-state index contributed by atoms with van der Waals surface area (Å²) in [4.78, 5) is 17.3. The van der Waals surface area contributed by atoms with E-state index in [1.54, 1.807) is 7.11 Å². The lowest BCUT2D eigenvalue weighted by atomic mass is 9.89. The van der Waals surface area contributed by atoms with E-state index in [1.807, 2.05) is 19.6 Å². The van der Waals surface area contributed by atoms with Crippen LogP contribution in [-0.4, -0.2) is 56.0 Å². The highest BCUT2D eigenvalue weighted by Gasteiger charge is 2.42. The fourth-order valence-corrected chi connectivity index (χ4v) is 7.97. The molecular formula is C30H59NO5Si3. The second kappa shape index (κ2) is 17.1. The first-order valence-corrected chi connectivity index (χ1v) is 25.3. The van der Waals surface area contributed by atoms with E-state index in [-0.39, 0.29) is 30.0 Å². The van der Waals surface area contributed by atoms with E-state index in [4.69, 9.17) is 18.1 Å². The molecule has 0 bridgehead atoms. The smallest absolute Gasteiger partial charge is 0.292 e. The first kappa shape index (κ1) is 36.0. The average Bonchev–Trinajstić information content (AvgIpc) is 3.06. The highest BCUT2D eigenvalue weighted by Crippen LogP contribution is 2.38. The molecule has 0 aromatic carbocycles. The molecule has 0 heterocycles. The predicted molar refractivity (Wildman–Crippen MR) is 173 cm³/mol. The van der Waals surface area contributed by atoms with E-state index >= 15 is 0 Å². The molecule has 9 heteroatoms. The van der Waals surface area contributed by atoms with Gasteiger partial charge in [-0.2, -0.15) is 0 Å². The van der Waals surface area contributed by atoms with Gasteiger partial charge in [-0.15, -0.1) is 0 Å². The Labute approximate surface area is 243 Å². The van der Waals surface area contributed by atoms with E-state index in [9.17, 15) is 4.79 Å². The molecule has 0 aromatic rings. The molecular weight excluding hydrogens is 539 g/mol. The van der Waals surface area contributed by atoms with Crippen LogP contribution in [0.1, 0.15) is 64.7 Å². The van der Waals surface area contributed by atoms with Crippen molar-refractivity contribution in [2.45, 2.75) is 136 Å². The Kier molecular flexibility index (Phi) is 15.8. The van der Waals surface area contributed by atoms with E-state index in [1.165, 1.54) is 19.3 Å². The van der Waals surface area contributed by atoms with Gasteiger partial charge in [0.05, 0.1) is 17.9 Å². The quantitative estimate of drug-likeness (QED) is 0.0684. The van der Waals surface area contributed by atoms with Crippen molar-refractivity contribution in [3.8, 4) is 0 Å². The Balaban J connectivity index is 3.03. The molecule has 0 aromatic heterocycles. The summed E-state index contributed by atoms with van der Waals surface area (Å²) in [5, 5.41) is 4.46. The molecule has 0 amide bonds. The van der Waals surface area contributed by atoms with Crippen molar-refractivity contribution >= 4 is 36.6 Å². The van der Waals surface area contributed by atoms with Crippen LogP contribution in [0.4, 0.5) is 0 Å². The van der Waals surface area contributed by atoms with Crippen molar-refractivity contribution < 1.29 is 22.9 Å². The Morgan fingerprint density at radius 1 is 0.974 bits per heavy atom. The highest BCUT2D eigenvalue weighted by atomic mass is 28.4. The second-order valence-corrected chi connectivity index (χ2v) is 27.1. The Morgan fingerprint density at radius 3 is 2.23 bits per heavy atom. The summed E-state index contributed by atoms with van der Waals surface area (Å²) in [5.41, 5.74) is 1.08. The molecule has 0 unspecified atom stereocenters. The third-order valence-corrected chi connectivity index (χ3v) is 9.18. The lowest BCUT2D eigenvalue weighted by molar-refractivity contribution is -0.135. The average molecular weight is 598 g/mol. The van der Waals surface area contributed by atoms with E-state index in [0.29, 0.717) is 6.42 Å². The number of hydrogen-bond acceptors (Lipinski definition) is 6. The largest absolute Gasteiger partial charge is 0.520 e. The van der Waals surface area contributed by atoms with Gasteiger partial charge in [-0.25, -0.2) is 0 Å². The second-order valence-electron chi connectivity index (χ2n) is 13.8. The van der Waals surface area contributed by atoms with Crippen LogP contribution in [0.15, 0.2) is 29.5 Å². The summed E-state index contributed by atoms with van der Waals surface area (Å²) in [6.07, 6.45) is 17.9. The molecule has 1 aliphatic rings. The molecule has 1 rings (SSSR count). The molecule has 1 aliphatic carbocycles. The van der Waals surface area contributed by atoms with Gasteiger partial charge >= 0.3 is 0 Å². The maximum Gasteiger partial charge on any atom is 0.292 e. The minimum Gasteiger partial charge on any atom is -0.520 e. The van der Waals surface area contributed by atoms with E-state index in [2.05, 4.69) is 75.7 Å². The topological polar surface area (TPSA) is 66.4 Å². The number of allylic oxidation sites excluding steroid dienone is 2. The number of rotatable bonds is 18. The van der Waals surface area contributed by atoms with Crippen molar-refractivity contribution in [2.24, 2.45) is 17.0 Å². The van der Waals surface area contributed by atoms with Crippen molar-refractivity contribution in [1.82, 2.24) is 0 Å². The van der Waals surface area contributed by atoms with Crippen LogP contribution in [0.3, 0.4) is 0 Å². The normalized spacial score (nSPS) is 22.7. The first-order chi connectivity index (χ1) is 18.0. The van der Waals surface area contributed by atoms with Gasteiger partial charge in [-0.1, -0.05) is 55.6 Å². The molecule has 0 spiro atoms. The Hall–Kier alpha value is -1.01. The third kappa shape index (κ3) is 16.8. The highest BCUT2D eigenvalue weighted by molar-refractivity contribution is 6.71. The van der Waals surface area contributed by atoms with Gasteiger partial charge in [0, 0.05) is 24.7 Å². The number of nitrogens with zero attached hydrogens (tertiary/aromatic N) is 1. The molecule has 4 atom stereocenters. The number of unbranched alkanes of at least 4 members (excludes halogenated alkanes) is 3. The molecule has 39 heavy (non-hydrogen) atoms. The maximum absolute atomic E-state index is 12.0. The fourth-order valence-electron chi connectivity index (χ4n) is 4.94.